The fourth-order valence-electron chi connectivity index (χ4n) is 1.23. The number of ether oxygens (including phenoxy) is 2. The van der Waals surface area contributed by atoms with Crippen LogP contribution in [0.2, 0.25) is 0 Å². The molecule has 1 aromatic rings. The molecule has 6 heteroatoms. The monoisotopic (exact) mass is 205 g/mol. The van der Waals surface area contributed by atoms with E-state index in [4.69, 9.17) is 4.74 Å². The molecule has 2 rings (SSSR count). The maximum absolute atomic E-state index is 11.8. The van der Waals surface area contributed by atoms with Crippen molar-refractivity contribution in [2.24, 2.45) is 0 Å². The lowest BCUT2D eigenvalue weighted by molar-refractivity contribution is -0.274. The largest absolute Gasteiger partial charge is 0.573 e. The van der Waals surface area contributed by atoms with Crippen molar-refractivity contribution in [1.82, 2.24) is 4.98 Å². The van der Waals surface area contributed by atoms with Crippen LogP contribution in [0.25, 0.3) is 0 Å². The topological polar surface area (TPSA) is 31.4 Å². The van der Waals surface area contributed by atoms with Crippen LogP contribution in [-0.2, 0) is 6.42 Å². The molecule has 76 valence electrons. The van der Waals surface area contributed by atoms with Crippen LogP contribution in [0, 0.1) is 0 Å². The van der Waals surface area contributed by atoms with Crippen molar-refractivity contribution in [3.8, 4) is 11.6 Å². The summed E-state index contributed by atoms with van der Waals surface area (Å²) in [6.07, 6.45) is -3.11. The van der Waals surface area contributed by atoms with E-state index in [2.05, 4.69) is 9.72 Å². The Kier molecular flexibility index (Phi) is 1.98. The van der Waals surface area contributed by atoms with Gasteiger partial charge in [0.2, 0.25) is 5.88 Å². The summed E-state index contributed by atoms with van der Waals surface area (Å²) in [4.78, 5) is 3.70. The molecule has 0 N–H and O–H groups in total. The molecule has 0 atom stereocenters. The van der Waals surface area contributed by atoms with Gasteiger partial charge < -0.3 is 9.47 Å². The normalized spacial score (nSPS) is 14.8. The standard InChI is InChI=1S/C8H6F3NO2/c9-8(10,11)14-6-3-5-1-2-13-7(5)12-4-6/h3-4H,1-2H2. The first-order valence-corrected chi connectivity index (χ1v) is 3.92. The first-order chi connectivity index (χ1) is 6.54. The first-order valence-electron chi connectivity index (χ1n) is 3.92. The summed E-state index contributed by atoms with van der Waals surface area (Å²) in [5, 5.41) is 0. The molecular weight excluding hydrogens is 199 g/mol. The third-order valence-electron chi connectivity index (χ3n) is 1.74. The molecule has 2 heterocycles. The van der Waals surface area contributed by atoms with Crippen LogP contribution < -0.4 is 9.47 Å². The van der Waals surface area contributed by atoms with Crippen LogP contribution in [0.3, 0.4) is 0 Å². The molecule has 0 aliphatic carbocycles. The Morgan fingerprint density at radius 2 is 2.21 bits per heavy atom. The summed E-state index contributed by atoms with van der Waals surface area (Å²) in [6, 6.07) is 1.29. The van der Waals surface area contributed by atoms with Gasteiger partial charge in [-0.1, -0.05) is 0 Å². The molecular formula is C8H6F3NO2. The Morgan fingerprint density at radius 3 is 2.93 bits per heavy atom. The van der Waals surface area contributed by atoms with E-state index in [9.17, 15) is 13.2 Å². The van der Waals surface area contributed by atoms with Gasteiger partial charge in [-0.2, -0.15) is 0 Å². The Hall–Kier alpha value is -1.46. The van der Waals surface area contributed by atoms with E-state index in [1.807, 2.05) is 0 Å². The van der Waals surface area contributed by atoms with Gasteiger partial charge in [0.1, 0.15) is 5.75 Å². The molecule has 0 amide bonds. The summed E-state index contributed by atoms with van der Waals surface area (Å²) in [5.74, 6) is 0.0845. The molecule has 0 saturated heterocycles. The second kappa shape index (κ2) is 3.04. The van der Waals surface area contributed by atoms with Gasteiger partial charge >= 0.3 is 6.36 Å². The smallest absolute Gasteiger partial charge is 0.477 e. The number of hydrogen-bond donors (Lipinski definition) is 0. The van der Waals surface area contributed by atoms with Gasteiger partial charge in [0.15, 0.2) is 0 Å². The molecule has 0 aromatic carbocycles. The van der Waals surface area contributed by atoms with Gasteiger partial charge in [-0.05, 0) is 6.07 Å². The van der Waals surface area contributed by atoms with E-state index < -0.39 is 6.36 Å². The molecule has 1 aliphatic rings. The first kappa shape index (κ1) is 9.11. The minimum atomic E-state index is -4.67. The molecule has 14 heavy (non-hydrogen) atoms. The summed E-state index contributed by atoms with van der Waals surface area (Å²) in [7, 11) is 0. The Labute approximate surface area is 77.5 Å². The van der Waals surface area contributed by atoms with Crippen LogP contribution >= 0.6 is 0 Å². The fourth-order valence-corrected chi connectivity index (χ4v) is 1.23. The van der Waals surface area contributed by atoms with Crippen molar-refractivity contribution in [2.45, 2.75) is 12.8 Å². The predicted octanol–water partition coefficient (Wildman–Crippen LogP) is 1.92. The zero-order valence-electron chi connectivity index (χ0n) is 6.97. The summed E-state index contributed by atoms with van der Waals surface area (Å²) >= 11 is 0. The maximum atomic E-state index is 11.8. The van der Waals surface area contributed by atoms with E-state index in [1.165, 1.54) is 6.07 Å². The lowest BCUT2D eigenvalue weighted by atomic mass is 10.2. The zero-order chi connectivity index (χ0) is 10.2. The third kappa shape index (κ3) is 1.89. The number of halogens is 3. The van der Waals surface area contributed by atoms with Gasteiger partial charge in [0, 0.05) is 12.0 Å². The molecule has 3 nitrogen and oxygen atoms in total. The highest BCUT2D eigenvalue weighted by atomic mass is 19.4. The highest BCUT2D eigenvalue weighted by Crippen LogP contribution is 2.28. The van der Waals surface area contributed by atoms with Crippen LogP contribution in [0.1, 0.15) is 5.56 Å². The second-order valence-electron chi connectivity index (χ2n) is 2.78. The van der Waals surface area contributed by atoms with Gasteiger partial charge in [0.05, 0.1) is 12.8 Å². The second-order valence-corrected chi connectivity index (χ2v) is 2.78. The summed E-state index contributed by atoms with van der Waals surface area (Å²) in [6.45, 7) is 0.456. The third-order valence-corrected chi connectivity index (χ3v) is 1.74. The zero-order valence-corrected chi connectivity index (χ0v) is 6.97. The van der Waals surface area contributed by atoms with E-state index in [-0.39, 0.29) is 5.75 Å². The summed E-state index contributed by atoms with van der Waals surface area (Å²) < 4.78 is 44.2. The number of rotatable bonds is 1. The van der Waals surface area contributed by atoms with Crippen molar-refractivity contribution in [3.05, 3.63) is 17.8 Å². The number of alkyl halides is 3. The van der Waals surface area contributed by atoms with Crippen molar-refractivity contribution in [2.75, 3.05) is 6.61 Å². The molecule has 0 spiro atoms. The lowest BCUT2D eigenvalue weighted by Gasteiger charge is -2.08. The number of pyridine rings is 1. The van der Waals surface area contributed by atoms with Gasteiger partial charge in [0.25, 0.3) is 0 Å². The van der Waals surface area contributed by atoms with E-state index in [1.54, 1.807) is 0 Å². The Bertz CT molecular complexity index is 351. The molecule has 1 aliphatic heterocycles. The molecule has 0 unspecified atom stereocenters. The maximum Gasteiger partial charge on any atom is 0.573 e. The molecule has 0 fully saturated rings. The molecule has 0 radical (unpaired) electrons. The average Bonchev–Trinajstić information content (AvgIpc) is 2.47. The van der Waals surface area contributed by atoms with E-state index >= 15 is 0 Å². The lowest BCUT2D eigenvalue weighted by Crippen LogP contribution is -2.17. The quantitative estimate of drug-likeness (QED) is 0.701. The van der Waals surface area contributed by atoms with Crippen LogP contribution in [0.4, 0.5) is 13.2 Å². The van der Waals surface area contributed by atoms with Crippen LogP contribution in [-0.4, -0.2) is 18.0 Å². The van der Waals surface area contributed by atoms with E-state index in [0.29, 0.717) is 24.5 Å². The minimum Gasteiger partial charge on any atom is -0.477 e. The van der Waals surface area contributed by atoms with Gasteiger partial charge in [-0.15, -0.1) is 13.2 Å². The molecule has 0 bridgehead atoms. The average molecular weight is 205 g/mol. The van der Waals surface area contributed by atoms with Crippen molar-refractivity contribution in [1.29, 1.82) is 0 Å². The molecule has 1 aromatic heterocycles. The summed E-state index contributed by atoms with van der Waals surface area (Å²) in [5.41, 5.74) is 0.645. The van der Waals surface area contributed by atoms with Crippen LogP contribution in [0.5, 0.6) is 11.6 Å². The van der Waals surface area contributed by atoms with E-state index in [0.717, 1.165) is 6.20 Å². The Balaban J connectivity index is 2.21. The highest BCUT2D eigenvalue weighted by Gasteiger charge is 2.31. The Morgan fingerprint density at radius 1 is 1.43 bits per heavy atom. The van der Waals surface area contributed by atoms with Crippen LogP contribution in [0.15, 0.2) is 12.3 Å². The van der Waals surface area contributed by atoms with Gasteiger partial charge in [-0.3, -0.25) is 0 Å². The number of fused-ring (bicyclic) bond motifs is 1. The number of nitrogens with zero attached hydrogens (tertiary/aromatic N) is 1. The van der Waals surface area contributed by atoms with Crippen molar-refractivity contribution >= 4 is 0 Å². The number of aromatic nitrogens is 1. The SMILES string of the molecule is FC(F)(F)Oc1cnc2c(c1)CCO2. The van der Waals surface area contributed by atoms with Crippen molar-refractivity contribution < 1.29 is 22.6 Å². The predicted molar refractivity (Wildman–Crippen MR) is 40.1 cm³/mol. The molecule has 0 saturated carbocycles. The van der Waals surface area contributed by atoms with Gasteiger partial charge in [-0.25, -0.2) is 4.98 Å². The van der Waals surface area contributed by atoms with Crippen molar-refractivity contribution in [3.63, 3.8) is 0 Å². The highest BCUT2D eigenvalue weighted by molar-refractivity contribution is 5.35. The number of hydrogen-bond acceptors (Lipinski definition) is 3. The fraction of sp³-hybridized carbons (Fsp3) is 0.375. The minimum absolute atomic E-state index is 0.304.